The molecule has 1 saturated heterocycles. The Labute approximate surface area is 118 Å². The predicted molar refractivity (Wildman–Crippen MR) is 69.1 cm³/mol. The van der Waals surface area contributed by atoms with Crippen LogP contribution in [0, 0.1) is 11.5 Å². The molecule has 1 N–H and O–H groups in total. The average Bonchev–Trinajstić information content (AvgIpc) is 2.36. The van der Waals surface area contributed by atoms with Crippen molar-refractivity contribution >= 4 is 12.0 Å². The van der Waals surface area contributed by atoms with E-state index in [1.807, 2.05) is 0 Å². The average molecular weight is 284 g/mol. The maximum atomic E-state index is 11.9. The summed E-state index contributed by atoms with van der Waals surface area (Å²) in [5, 5.41) is 9.78. The van der Waals surface area contributed by atoms with E-state index in [-0.39, 0.29) is 12.5 Å². The molecule has 8 nitrogen and oxygen atoms in total. The lowest BCUT2D eigenvalue weighted by Gasteiger charge is -2.28. The zero-order valence-electron chi connectivity index (χ0n) is 12.0. The molecular weight excluding hydrogens is 264 g/mol. The molecular formula is C12H20N4O4. The Hall–Kier alpha value is -2.01. The number of hydrazine groups is 1. The largest absolute Gasteiger partial charge is 0.443 e. The first-order valence-electron chi connectivity index (χ1n) is 6.34. The van der Waals surface area contributed by atoms with Crippen LogP contribution < -0.4 is 5.43 Å². The molecule has 8 heteroatoms. The molecule has 0 atom stereocenters. The van der Waals surface area contributed by atoms with Crippen LogP contribution in [0.4, 0.5) is 4.79 Å². The van der Waals surface area contributed by atoms with Crippen molar-refractivity contribution in [3.8, 4) is 6.19 Å². The molecule has 0 aromatic heterocycles. The smallest absolute Gasteiger partial charge is 0.427 e. The van der Waals surface area contributed by atoms with Gasteiger partial charge in [-0.25, -0.2) is 15.2 Å². The van der Waals surface area contributed by atoms with Gasteiger partial charge < -0.3 is 14.4 Å². The van der Waals surface area contributed by atoms with Gasteiger partial charge in [-0.1, -0.05) is 0 Å². The number of hydrogen-bond acceptors (Lipinski definition) is 6. The molecule has 0 spiro atoms. The third kappa shape index (κ3) is 5.75. The Morgan fingerprint density at radius 2 is 2.00 bits per heavy atom. The summed E-state index contributed by atoms with van der Waals surface area (Å²) in [4.78, 5) is 25.0. The summed E-state index contributed by atoms with van der Waals surface area (Å²) in [5.74, 6) is -0.245. The van der Waals surface area contributed by atoms with Gasteiger partial charge >= 0.3 is 6.09 Å². The minimum absolute atomic E-state index is 0.226. The maximum absolute atomic E-state index is 11.9. The number of carbonyl (C=O) groups excluding carboxylic acids is 2. The van der Waals surface area contributed by atoms with Crippen molar-refractivity contribution in [2.24, 2.45) is 0 Å². The highest BCUT2D eigenvalue weighted by atomic mass is 16.6. The minimum atomic E-state index is -0.770. The number of nitrogens with zero attached hydrogens (tertiary/aromatic N) is 3. The predicted octanol–water partition coefficient (Wildman–Crippen LogP) is 0.0680. The summed E-state index contributed by atoms with van der Waals surface area (Å²) in [6.07, 6.45) is 0.962. The number of hydrogen-bond donors (Lipinski definition) is 1. The zero-order chi connectivity index (χ0) is 15.2. The molecule has 1 rings (SSSR count). The van der Waals surface area contributed by atoms with Crippen molar-refractivity contribution in [1.82, 2.24) is 15.3 Å². The van der Waals surface area contributed by atoms with E-state index < -0.39 is 11.7 Å². The first kappa shape index (κ1) is 16.0. The Morgan fingerprint density at radius 3 is 2.50 bits per heavy atom. The Balaban J connectivity index is 2.44. The Bertz CT molecular complexity index is 393. The van der Waals surface area contributed by atoms with Crippen LogP contribution >= 0.6 is 0 Å². The molecule has 112 valence electrons. The van der Waals surface area contributed by atoms with Gasteiger partial charge in [0.15, 0.2) is 0 Å². The number of amides is 2. The first-order chi connectivity index (χ1) is 9.31. The fourth-order valence-corrected chi connectivity index (χ4v) is 1.56. The topological polar surface area (TPSA) is 94.9 Å². The van der Waals surface area contributed by atoms with Crippen LogP contribution in [0.2, 0.25) is 0 Å². The summed E-state index contributed by atoms with van der Waals surface area (Å²) >= 11 is 0. The third-order valence-corrected chi connectivity index (χ3v) is 2.40. The molecule has 0 bridgehead atoms. The molecule has 0 radical (unpaired) electrons. The molecule has 1 fully saturated rings. The van der Waals surface area contributed by atoms with Crippen LogP contribution in [0.25, 0.3) is 0 Å². The molecule has 0 unspecified atom stereocenters. The van der Waals surface area contributed by atoms with Gasteiger partial charge in [-0.15, -0.1) is 0 Å². The number of nitriles is 1. The second-order valence-corrected chi connectivity index (χ2v) is 5.29. The second-order valence-electron chi connectivity index (χ2n) is 5.29. The molecule has 0 aromatic rings. The lowest BCUT2D eigenvalue weighted by Crippen LogP contribution is -2.49. The lowest BCUT2D eigenvalue weighted by atomic mass is 10.2. The molecule has 0 aliphatic carbocycles. The molecule has 0 aromatic carbocycles. The van der Waals surface area contributed by atoms with Gasteiger partial charge in [-0.3, -0.25) is 4.79 Å². The van der Waals surface area contributed by atoms with Crippen molar-refractivity contribution in [1.29, 1.82) is 5.26 Å². The number of carbonyl (C=O) groups is 2. The number of ether oxygens (including phenoxy) is 2. The van der Waals surface area contributed by atoms with E-state index in [0.717, 1.165) is 5.01 Å². The normalized spacial score (nSPS) is 15.2. The van der Waals surface area contributed by atoms with E-state index in [1.165, 1.54) is 0 Å². The summed E-state index contributed by atoms with van der Waals surface area (Å²) in [7, 11) is 0. The lowest BCUT2D eigenvalue weighted by molar-refractivity contribution is -0.136. The fraction of sp³-hybridized carbons (Fsp3) is 0.750. The van der Waals surface area contributed by atoms with E-state index >= 15 is 0 Å². The Morgan fingerprint density at radius 1 is 1.40 bits per heavy atom. The summed E-state index contributed by atoms with van der Waals surface area (Å²) < 4.78 is 10.1. The summed E-state index contributed by atoms with van der Waals surface area (Å²) in [6, 6.07) is 0. The van der Waals surface area contributed by atoms with E-state index in [1.54, 1.807) is 31.9 Å². The van der Waals surface area contributed by atoms with Gasteiger partial charge in [0.2, 0.25) is 12.1 Å². The van der Waals surface area contributed by atoms with Crippen molar-refractivity contribution in [3.63, 3.8) is 0 Å². The summed E-state index contributed by atoms with van der Waals surface area (Å²) in [6.45, 7) is 6.85. The highest BCUT2D eigenvalue weighted by Crippen LogP contribution is 2.06. The van der Waals surface area contributed by atoms with Crippen LogP contribution in [-0.4, -0.2) is 60.4 Å². The summed E-state index contributed by atoms with van der Waals surface area (Å²) in [5.41, 5.74) is 1.56. The van der Waals surface area contributed by atoms with Crippen molar-refractivity contribution in [2.45, 2.75) is 26.4 Å². The van der Waals surface area contributed by atoms with Crippen molar-refractivity contribution in [2.75, 3.05) is 32.8 Å². The number of morpholine rings is 1. The van der Waals surface area contributed by atoms with Gasteiger partial charge in [0.25, 0.3) is 0 Å². The highest BCUT2D eigenvalue weighted by molar-refractivity contribution is 5.79. The van der Waals surface area contributed by atoms with E-state index in [9.17, 15) is 9.59 Å². The van der Waals surface area contributed by atoms with E-state index in [4.69, 9.17) is 14.7 Å². The van der Waals surface area contributed by atoms with Crippen molar-refractivity contribution in [3.05, 3.63) is 0 Å². The standard InChI is InChI=1S/C12H20N4O4/c1-12(2,3)20-11(18)14-16(9-13)8-10(17)15-4-6-19-7-5-15/h4-8H2,1-3H3,(H,14,18). The minimum Gasteiger partial charge on any atom is -0.443 e. The van der Waals surface area contributed by atoms with Crippen LogP contribution in [0.1, 0.15) is 20.8 Å². The zero-order valence-corrected chi connectivity index (χ0v) is 12.0. The molecule has 0 saturated carbocycles. The molecule has 1 aliphatic rings. The maximum Gasteiger partial charge on any atom is 0.427 e. The molecule has 2 amide bonds. The van der Waals surface area contributed by atoms with E-state index in [2.05, 4.69) is 5.43 Å². The molecule has 20 heavy (non-hydrogen) atoms. The second kappa shape index (κ2) is 6.96. The van der Waals surface area contributed by atoms with Gasteiger partial charge in [-0.05, 0) is 20.8 Å². The van der Waals surface area contributed by atoms with Crippen LogP contribution in [0.3, 0.4) is 0 Å². The van der Waals surface area contributed by atoms with Crippen molar-refractivity contribution < 1.29 is 19.1 Å². The number of nitrogens with one attached hydrogen (secondary N) is 1. The van der Waals surface area contributed by atoms with E-state index in [0.29, 0.717) is 26.3 Å². The SMILES string of the molecule is CC(C)(C)OC(=O)NN(C#N)CC(=O)N1CCOCC1. The van der Waals surface area contributed by atoms with Crippen LogP contribution in [0.15, 0.2) is 0 Å². The van der Waals surface area contributed by atoms with Gasteiger partial charge in [0.05, 0.1) is 13.2 Å². The monoisotopic (exact) mass is 284 g/mol. The molecule has 1 heterocycles. The van der Waals surface area contributed by atoms with Gasteiger partial charge in [-0.2, -0.15) is 5.26 Å². The van der Waals surface area contributed by atoms with Gasteiger partial charge in [0, 0.05) is 13.1 Å². The van der Waals surface area contributed by atoms with Crippen LogP contribution in [0.5, 0.6) is 0 Å². The van der Waals surface area contributed by atoms with Gasteiger partial charge in [0.1, 0.15) is 12.1 Å². The highest BCUT2D eigenvalue weighted by Gasteiger charge is 2.22. The third-order valence-electron chi connectivity index (χ3n) is 2.40. The fourth-order valence-electron chi connectivity index (χ4n) is 1.56. The quantitative estimate of drug-likeness (QED) is 0.447. The Kier molecular flexibility index (Phi) is 5.58. The molecule has 1 aliphatic heterocycles. The first-order valence-corrected chi connectivity index (χ1v) is 6.34. The van der Waals surface area contributed by atoms with Crippen LogP contribution in [-0.2, 0) is 14.3 Å². The number of rotatable bonds is 3.